The number of unbranched alkanes of at least 4 members (excludes halogenated alkanes) is 1. The highest BCUT2D eigenvalue weighted by atomic mass is 31.2. The monoisotopic (exact) mass is 499 g/mol. The number of aliphatic hydroxyl groups is 2. The van der Waals surface area contributed by atoms with Gasteiger partial charge < -0.3 is 20.4 Å². The molecule has 0 rings (SSSR count). The van der Waals surface area contributed by atoms with Crippen LogP contribution in [-0.4, -0.2) is 53.5 Å². The van der Waals surface area contributed by atoms with E-state index in [4.69, 9.17) is 10.2 Å². The molecule has 0 aromatic heterocycles. The zero-order chi connectivity index (χ0) is 25.3. The number of hydrogen-bond donors (Lipinski definition) is 4. The largest absolute Gasteiger partial charge is 0.472 e. The first-order valence-electron chi connectivity index (χ1n) is 11.8. The van der Waals surface area contributed by atoms with Crippen LogP contribution >= 0.6 is 7.82 Å². The topological polar surface area (TPSA) is 125 Å². The van der Waals surface area contributed by atoms with Crippen molar-refractivity contribution in [2.24, 2.45) is 0 Å². The summed E-state index contributed by atoms with van der Waals surface area (Å²) in [6.45, 7) is 0.884. The Labute approximate surface area is 204 Å². The zero-order valence-electron chi connectivity index (χ0n) is 20.3. The molecule has 194 valence electrons. The molecule has 34 heavy (non-hydrogen) atoms. The lowest BCUT2D eigenvalue weighted by atomic mass is 10.2. The van der Waals surface area contributed by atoms with E-state index in [-0.39, 0.29) is 19.1 Å². The third-order valence-corrected chi connectivity index (χ3v) is 5.24. The van der Waals surface area contributed by atoms with Gasteiger partial charge >= 0.3 is 7.82 Å². The number of carbonyl (C=O) groups is 1. The summed E-state index contributed by atoms with van der Waals surface area (Å²) in [5.74, 6) is -0.166. The normalized spacial score (nSPS) is 15.3. The highest BCUT2D eigenvalue weighted by Gasteiger charge is 2.22. The van der Waals surface area contributed by atoms with Crippen molar-refractivity contribution in [2.45, 2.75) is 64.4 Å². The molecule has 9 heteroatoms. The lowest BCUT2D eigenvalue weighted by Crippen LogP contribution is -2.27. The van der Waals surface area contributed by atoms with Crippen LogP contribution in [0.25, 0.3) is 0 Å². The van der Waals surface area contributed by atoms with Gasteiger partial charge in [0.05, 0.1) is 19.8 Å². The second kappa shape index (κ2) is 23.0. The van der Waals surface area contributed by atoms with Crippen LogP contribution in [0.1, 0.15) is 58.3 Å². The minimum Gasteiger partial charge on any atom is -0.394 e. The molecular formula is C25H42NO7P. The number of aliphatic hydroxyl groups excluding tert-OH is 2. The van der Waals surface area contributed by atoms with Crippen molar-refractivity contribution in [3.05, 3.63) is 60.8 Å². The van der Waals surface area contributed by atoms with Crippen LogP contribution in [0.2, 0.25) is 0 Å². The fourth-order valence-electron chi connectivity index (χ4n) is 2.46. The van der Waals surface area contributed by atoms with E-state index < -0.39 is 27.1 Å². The van der Waals surface area contributed by atoms with Gasteiger partial charge in [0.1, 0.15) is 6.10 Å². The minimum atomic E-state index is -4.32. The van der Waals surface area contributed by atoms with Crippen LogP contribution in [0, 0.1) is 0 Å². The number of hydrogen-bond acceptors (Lipinski definition) is 6. The standard InChI is InChI=1S/C25H42NO7P/c1-2-3-4-5-6-7-8-9-10-11-12-13-14-15-16-17-18-19-25(29)26-20-21-32-34(30,31)33-23-24(28)22-27/h3-4,6-7,9-10,12-13,15-16,24,27-28H,2,5,8,11,14,17-23H2,1H3,(H,26,29)(H,30,31)/b4-3-,7-6-,10-9-,13-12-,16-15-/t24-/m0/s1. The number of carbonyl (C=O) groups excluding carboxylic acids is 1. The molecule has 0 spiro atoms. The van der Waals surface area contributed by atoms with E-state index in [0.29, 0.717) is 12.8 Å². The molecule has 0 saturated carbocycles. The van der Waals surface area contributed by atoms with Crippen molar-refractivity contribution in [3.63, 3.8) is 0 Å². The maximum absolute atomic E-state index is 11.7. The summed E-state index contributed by atoms with van der Waals surface area (Å²) in [6.07, 6.45) is 26.8. The first-order valence-corrected chi connectivity index (χ1v) is 13.3. The number of rotatable bonds is 21. The van der Waals surface area contributed by atoms with Crippen LogP contribution in [0.15, 0.2) is 60.8 Å². The van der Waals surface area contributed by atoms with Crippen LogP contribution in [-0.2, 0) is 18.4 Å². The van der Waals surface area contributed by atoms with Gasteiger partial charge in [-0.15, -0.1) is 0 Å². The molecular weight excluding hydrogens is 457 g/mol. The van der Waals surface area contributed by atoms with Crippen LogP contribution in [0.5, 0.6) is 0 Å². The first-order chi connectivity index (χ1) is 16.4. The van der Waals surface area contributed by atoms with Gasteiger partial charge in [-0.3, -0.25) is 13.8 Å². The molecule has 0 aliphatic rings. The number of amides is 1. The van der Waals surface area contributed by atoms with Crippen molar-refractivity contribution in [1.29, 1.82) is 0 Å². The SMILES string of the molecule is CC/C=C\C/C=C\C/C=C\C/C=C\C/C=C\CCCC(=O)NCCOP(=O)(O)OC[C@@H](O)CO. The fraction of sp³-hybridized carbons (Fsp3) is 0.560. The van der Waals surface area contributed by atoms with Gasteiger partial charge in [-0.25, -0.2) is 4.57 Å². The molecule has 0 aliphatic carbocycles. The number of nitrogens with one attached hydrogen (secondary N) is 1. The summed E-state index contributed by atoms with van der Waals surface area (Å²) in [4.78, 5) is 21.1. The van der Waals surface area contributed by atoms with E-state index in [0.717, 1.165) is 38.5 Å². The Hall–Kier alpha value is -1.80. The molecule has 0 bridgehead atoms. The van der Waals surface area contributed by atoms with E-state index in [1.54, 1.807) is 0 Å². The molecule has 0 aromatic rings. The Kier molecular flexibility index (Phi) is 21.8. The van der Waals surface area contributed by atoms with Crippen molar-refractivity contribution in [1.82, 2.24) is 5.32 Å². The van der Waals surface area contributed by atoms with Gasteiger partial charge in [-0.1, -0.05) is 67.7 Å². The van der Waals surface area contributed by atoms with Crippen molar-refractivity contribution in [3.8, 4) is 0 Å². The third kappa shape index (κ3) is 23.4. The maximum atomic E-state index is 11.7. The summed E-state index contributed by atoms with van der Waals surface area (Å²) >= 11 is 0. The van der Waals surface area contributed by atoms with Gasteiger partial charge in [0.15, 0.2) is 0 Å². The Bertz CT molecular complexity index is 701. The Morgan fingerprint density at radius 2 is 1.44 bits per heavy atom. The molecule has 4 N–H and O–H groups in total. The van der Waals surface area contributed by atoms with Crippen LogP contribution in [0.4, 0.5) is 0 Å². The minimum absolute atomic E-state index is 0.0664. The van der Waals surface area contributed by atoms with Crippen LogP contribution in [0.3, 0.4) is 0 Å². The van der Waals surface area contributed by atoms with Gasteiger partial charge in [-0.2, -0.15) is 0 Å². The lowest BCUT2D eigenvalue weighted by Gasteiger charge is -2.14. The number of allylic oxidation sites excluding steroid dienone is 10. The maximum Gasteiger partial charge on any atom is 0.472 e. The summed E-state index contributed by atoms with van der Waals surface area (Å²) in [5.41, 5.74) is 0. The van der Waals surface area contributed by atoms with E-state index in [9.17, 15) is 14.3 Å². The summed E-state index contributed by atoms with van der Waals surface area (Å²) in [5, 5.41) is 20.3. The summed E-state index contributed by atoms with van der Waals surface area (Å²) in [6, 6.07) is 0. The number of phosphoric acid groups is 1. The molecule has 0 aliphatic heterocycles. The van der Waals surface area contributed by atoms with Gasteiger partial charge in [0, 0.05) is 13.0 Å². The molecule has 0 fully saturated rings. The van der Waals surface area contributed by atoms with E-state index in [1.807, 2.05) is 0 Å². The second-order valence-corrected chi connectivity index (χ2v) is 8.84. The van der Waals surface area contributed by atoms with Crippen molar-refractivity contribution >= 4 is 13.7 Å². The Morgan fingerprint density at radius 3 is 1.97 bits per heavy atom. The van der Waals surface area contributed by atoms with E-state index in [2.05, 4.69) is 82.0 Å². The lowest BCUT2D eigenvalue weighted by molar-refractivity contribution is -0.121. The smallest absolute Gasteiger partial charge is 0.394 e. The molecule has 8 nitrogen and oxygen atoms in total. The molecule has 0 saturated heterocycles. The quantitative estimate of drug-likeness (QED) is 0.104. The van der Waals surface area contributed by atoms with Crippen LogP contribution < -0.4 is 5.32 Å². The average Bonchev–Trinajstić information content (AvgIpc) is 2.82. The molecule has 0 radical (unpaired) electrons. The van der Waals surface area contributed by atoms with E-state index in [1.165, 1.54) is 0 Å². The molecule has 0 aromatic carbocycles. The Balaban J connectivity index is 3.66. The molecule has 1 unspecified atom stereocenters. The van der Waals surface area contributed by atoms with Gasteiger partial charge in [0.25, 0.3) is 0 Å². The Morgan fingerprint density at radius 1 is 0.912 bits per heavy atom. The second-order valence-electron chi connectivity index (χ2n) is 7.38. The predicted molar refractivity (Wildman–Crippen MR) is 136 cm³/mol. The predicted octanol–water partition coefficient (Wildman–Crippen LogP) is 4.51. The highest BCUT2D eigenvalue weighted by molar-refractivity contribution is 7.47. The molecule has 0 heterocycles. The highest BCUT2D eigenvalue weighted by Crippen LogP contribution is 2.42. The number of phosphoric ester groups is 1. The average molecular weight is 500 g/mol. The van der Waals surface area contributed by atoms with Crippen molar-refractivity contribution in [2.75, 3.05) is 26.4 Å². The van der Waals surface area contributed by atoms with E-state index >= 15 is 0 Å². The third-order valence-electron chi connectivity index (χ3n) is 4.25. The first kappa shape index (κ1) is 32.2. The summed E-state index contributed by atoms with van der Waals surface area (Å²) < 4.78 is 20.7. The summed E-state index contributed by atoms with van der Waals surface area (Å²) in [7, 11) is -4.32. The molecule has 2 atom stereocenters. The van der Waals surface area contributed by atoms with Crippen molar-refractivity contribution < 1.29 is 33.5 Å². The van der Waals surface area contributed by atoms with Gasteiger partial charge in [0.2, 0.25) is 5.91 Å². The zero-order valence-corrected chi connectivity index (χ0v) is 21.2. The molecule has 1 amide bonds. The fourth-order valence-corrected chi connectivity index (χ4v) is 3.22. The van der Waals surface area contributed by atoms with Gasteiger partial charge in [-0.05, 0) is 44.9 Å².